The number of ketones is 1. The molecule has 59 heavy (non-hydrogen) atoms. The number of esters is 1. The highest BCUT2D eigenvalue weighted by atomic mass is 16.8. The zero-order valence-electron chi connectivity index (χ0n) is 36.9. The van der Waals surface area contributed by atoms with Gasteiger partial charge in [-0.15, -0.1) is 0 Å². The third-order valence-corrected chi connectivity index (χ3v) is 13.8. The van der Waals surface area contributed by atoms with E-state index in [4.69, 9.17) is 33.2 Å². The molecule has 1 aliphatic carbocycles. The molecule has 3 N–H and O–H groups in total. The summed E-state index contributed by atoms with van der Waals surface area (Å²) in [5.41, 5.74) is 1.71. The molecule has 5 aliphatic rings. The zero-order chi connectivity index (χ0) is 43.2. The second-order valence-corrected chi connectivity index (χ2v) is 18.1. The first-order valence-electron chi connectivity index (χ1n) is 22.1. The summed E-state index contributed by atoms with van der Waals surface area (Å²) in [7, 11) is 4.75. The van der Waals surface area contributed by atoms with Crippen LogP contribution >= 0.6 is 0 Å². The summed E-state index contributed by atoms with van der Waals surface area (Å²) < 4.78 is 43.0. The molecule has 0 aromatic heterocycles. The number of carbonyl (C=O) groups excluding carboxylic acids is 3. The van der Waals surface area contributed by atoms with Gasteiger partial charge in [0.25, 0.3) is 5.91 Å². The van der Waals surface area contributed by atoms with Crippen LogP contribution in [-0.2, 0) is 47.5 Å². The Balaban J connectivity index is 1.58. The van der Waals surface area contributed by atoms with E-state index in [1.807, 2.05) is 32.9 Å². The van der Waals surface area contributed by atoms with Crippen molar-refractivity contribution in [1.82, 2.24) is 4.90 Å². The van der Waals surface area contributed by atoms with Gasteiger partial charge in [0.1, 0.15) is 24.0 Å². The number of ether oxygens (including phenoxy) is 7. The molecule has 2 unspecified atom stereocenters. The fraction of sp³-hybridized carbons (Fsp3) is 0.844. The number of rotatable bonds is 6. The maximum Gasteiger partial charge on any atom is 0.329 e. The quantitative estimate of drug-likeness (QED) is 0.249. The minimum atomic E-state index is -2.29. The summed E-state index contributed by atoms with van der Waals surface area (Å²) in [5.74, 6) is -7.83. The molecule has 4 aliphatic heterocycles. The number of aliphatic hydroxyl groups is 3. The minimum Gasteiger partial charge on any atom is -0.456 e. The Hall–Kier alpha value is -2.27. The zero-order valence-corrected chi connectivity index (χ0v) is 36.9. The molecule has 14 atom stereocenters. The molecule has 1 amide bonds. The van der Waals surface area contributed by atoms with Crippen LogP contribution in [0.4, 0.5) is 0 Å². The molecule has 0 aromatic carbocycles. The lowest BCUT2D eigenvalue weighted by atomic mass is 9.80. The van der Waals surface area contributed by atoms with E-state index in [-0.39, 0.29) is 56.3 Å². The minimum absolute atomic E-state index is 0.0138. The number of fused-ring (bicyclic) bond motifs is 4. The van der Waals surface area contributed by atoms with Crippen molar-refractivity contribution >= 4 is 17.7 Å². The number of nitrogens with zero attached hydrogens (tertiary/aromatic N) is 1. The van der Waals surface area contributed by atoms with E-state index in [0.29, 0.717) is 63.4 Å². The molecule has 4 heterocycles. The van der Waals surface area contributed by atoms with Gasteiger partial charge >= 0.3 is 11.8 Å². The van der Waals surface area contributed by atoms with Crippen molar-refractivity contribution in [2.24, 2.45) is 29.6 Å². The van der Waals surface area contributed by atoms with Gasteiger partial charge in [-0.3, -0.25) is 9.59 Å². The van der Waals surface area contributed by atoms with Gasteiger partial charge in [0, 0.05) is 52.0 Å². The van der Waals surface area contributed by atoms with Crippen LogP contribution in [-0.4, -0.2) is 139 Å². The lowest BCUT2D eigenvalue weighted by Gasteiger charge is -2.53. The number of Topliss-reactive ketones (excluding diaryl/α,β-unsaturated/α-hetero) is 1. The van der Waals surface area contributed by atoms with Gasteiger partial charge in [-0.05, 0) is 95.5 Å². The first-order chi connectivity index (χ1) is 28.0. The van der Waals surface area contributed by atoms with Gasteiger partial charge in [0.05, 0.1) is 43.7 Å². The topological polar surface area (TPSA) is 180 Å². The largest absolute Gasteiger partial charge is 0.456 e. The molecule has 5 rings (SSSR count). The standard InChI is InChI=1S/C45H73NO13/c1-10-32-20-26(2)19-27(3)21-38(54-8)41-39(55-9)23-29(5)44(52,59-41)45(56-17-18-57-45)43(51)46-16-12-11-13-33(46)42(50)58-40(30(6)35(48)25-36(32)49)28(4)22-31-14-15-34(47)37(24-31)53-7/h20,22,27,29-35,37-41,47-48,52H,10-19,21,23-25H2,1-9H3/b26-20+,28-22+/t27-,29+,30+,31-,32+,33-,34+,35-,37+,38?,39-,40+,41+,44?/m0/s1. The van der Waals surface area contributed by atoms with Crippen molar-refractivity contribution < 1.29 is 62.9 Å². The molecule has 14 heteroatoms. The molecule has 14 nitrogen and oxygen atoms in total. The van der Waals surface area contributed by atoms with Crippen molar-refractivity contribution in [3.63, 3.8) is 0 Å². The highest BCUT2D eigenvalue weighted by Crippen LogP contribution is 2.48. The Bertz CT molecular complexity index is 1500. The third kappa shape index (κ3) is 10.3. The van der Waals surface area contributed by atoms with E-state index in [1.165, 1.54) is 4.90 Å². The van der Waals surface area contributed by atoms with Crippen molar-refractivity contribution in [1.29, 1.82) is 0 Å². The summed E-state index contributed by atoms with van der Waals surface area (Å²) >= 11 is 0. The third-order valence-electron chi connectivity index (χ3n) is 13.8. The van der Waals surface area contributed by atoms with E-state index < -0.39 is 83.9 Å². The van der Waals surface area contributed by atoms with Crippen LogP contribution in [0.2, 0.25) is 0 Å². The Labute approximate surface area is 351 Å². The Kier molecular flexibility index (Phi) is 16.8. The van der Waals surface area contributed by atoms with Gasteiger partial charge in [0.2, 0.25) is 5.79 Å². The summed E-state index contributed by atoms with van der Waals surface area (Å²) in [6, 6.07) is -1.06. The van der Waals surface area contributed by atoms with Crippen molar-refractivity contribution in [2.45, 2.75) is 173 Å². The molecule has 2 bridgehead atoms. The second-order valence-electron chi connectivity index (χ2n) is 18.1. The van der Waals surface area contributed by atoms with Gasteiger partial charge in [-0.1, -0.05) is 45.4 Å². The van der Waals surface area contributed by atoms with Crippen LogP contribution in [0.15, 0.2) is 23.3 Å². The molecule has 0 radical (unpaired) electrons. The Morgan fingerprint density at radius 1 is 0.898 bits per heavy atom. The normalized spacial score (nSPS) is 42.1. The summed E-state index contributed by atoms with van der Waals surface area (Å²) in [5, 5.41) is 35.0. The van der Waals surface area contributed by atoms with Crippen LogP contribution in [0.1, 0.15) is 112 Å². The van der Waals surface area contributed by atoms with Crippen molar-refractivity contribution in [3.8, 4) is 0 Å². The van der Waals surface area contributed by atoms with Crippen LogP contribution in [0.25, 0.3) is 0 Å². The second kappa shape index (κ2) is 20.7. The molecule has 1 saturated carbocycles. The lowest BCUT2D eigenvalue weighted by molar-refractivity contribution is -0.410. The van der Waals surface area contributed by atoms with Gasteiger partial charge in [-0.2, -0.15) is 0 Å². The number of hydrogen-bond donors (Lipinski definition) is 3. The molecular formula is C45H73NO13. The number of amides is 1. The smallest absolute Gasteiger partial charge is 0.329 e. The van der Waals surface area contributed by atoms with E-state index >= 15 is 4.79 Å². The van der Waals surface area contributed by atoms with Gasteiger partial charge in [0.15, 0.2) is 0 Å². The molecule has 3 saturated heterocycles. The SMILES string of the molecule is CC[C@@H]1/C=C(\C)C[C@H](C)CC(OC)[C@H]2OC(O)([C@H](C)C[C@@H]2OC)C2(OCCO2)C(=O)N2CCCC[C@H]2C(=O)O[C@H](/C(C)=C/[C@@H]2CC[C@@H](O)[C@H](OC)C2)[C@H](C)[C@@H](O)CC1=O. The van der Waals surface area contributed by atoms with Crippen molar-refractivity contribution in [2.75, 3.05) is 41.1 Å². The number of piperidine rings is 1. The van der Waals surface area contributed by atoms with E-state index in [2.05, 4.69) is 6.92 Å². The Morgan fingerprint density at radius 2 is 1.56 bits per heavy atom. The highest BCUT2D eigenvalue weighted by molar-refractivity contribution is 5.90. The lowest BCUT2D eigenvalue weighted by Crippen LogP contribution is -2.73. The number of cyclic esters (lactones) is 1. The Morgan fingerprint density at radius 3 is 2.20 bits per heavy atom. The molecule has 4 fully saturated rings. The molecule has 336 valence electrons. The number of carbonyl (C=O) groups is 3. The first kappa shape index (κ1) is 47.8. The monoisotopic (exact) mass is 836 g/mol. The maximum atomic E-state index is 15.1. The van der Waals surface area contributed by atoms with Gasteiger partial charge < -0.3 is 53.4 Å². The maximum absolute atomic E-state index is 15.1. The van der Waals surface area contributed by atoms with Gasteiger partial charge in [-0.25, -0.2) is 4.79 Å². The summed E-state index contributed by atoms with van der Waals surface area (Å²) in [4.78, 5) is 45.0. The summed E-state index contributed by atoms with van der Waals surface area (Å²) in [6.45, 7) is 11.7. The molecular weight excluding hydrogens is 762 g/mol. The number of methoxy groups -OCH3 is 3. The van der Waals surface area contributed by atoms with Crippen LogP contribution < -0.4 is 0 Å². The molecule has 0 aromatic rings. The average molecular weight is 836 g/mol. The fourth-order valence-corrected chi connectivity index (χ4v) is 10.3. The van der Waals surface area contributed by atoms with Crippen LogP contribution in [0, 0.1) is 29.6 Å². The predicted octanol–water partition coefficient (Wildman–Crippen LogP) is 4.65. The van der Waals surface area contributed by atoms with Crippen molar-refractivity contribution in [3.05, 3.63) is 23.3 Å². The number of allylic oxidation sites excluding steroid dienone is 3. The van der Waals surface area contributed by atoms with E-state index in [0.717, 1.165) is 5.57 Å². The number of hydrogen-bond acceptors (Lipinski definition) is 13. The number of aliphatic hydroxyl groups excluding tert-OH is 2. The van der Waals surface area contributed by atoms with Crippen LogP contribution in [0.3, 0.4) is 0 Å². The summed E-state index contributed by atoms with van der Waals surface area (Å²) in [6.07, 6.45) is 4.38. The molecule has 1 spiro atoms. The fourth-order valence-electron chi connectivity index (χ4n) is 10.3. The predicted molar refractivity (Wildman–Crippen MR) is 218 cm³/mol. The first-order valence-corrected chi connectivity index (χ1v) is 22.1. The van der Waals surface area contributed by atoms with E-state index in [1.54, 1.807) is 35.2 Å². The average Bonchev–Trinajstić information content (AvgIpc) is 3.73. The highest BCUT2D eigenvalue weighted by Gasteiger charge is 2.69. The van der Waals surface area contributed by atoms with E-state index in [9.17, 15) is 24.9 Å². The van der Waals surface area contributed by atoms with Crippen LogP contribution in [0.5, 0.6) is 0 Å².